The summed E-state index contributed by atoms with van der Waals surface area (Å²) in [5.74, 6) is 0.567. The molecule has 0 bridgehead atoms. The van der Waals surface area contributed by atoms with Gasteiger partial charge in [0.2, 0.25) is 0 Å². The lowest BCUT2D eigenvalue weighted by molar-refractivity contribution is -0.145. The van der Waals surface area contributed by atoms with Crippen LogP contribution >= 0.6 is 0 Å². The van der Waals surface area contributed by atoms with Crippen LogP contribution in [0.25, 0.3) is 0 Å². The van der Waals surface area contributed by atoms with Crippen LogP contribution in [0.15, 0.2) is 24.3 Å². The number of esters is 1. The normalized spacial score (nSPS) is 11.4. The van der Waals surface area contributed by atoms with Crippen LogP contribution in [0.3, 0.4) is 0 Å². The fraction of sp³-hybridized carbons (Fsp3) is 0.837. The van der Waals surface area contributed by atoms with E-state index in [2.05, 4.69) is 6.92 Å². The van der Waals surface area contributed by atoms with Gasteiger partial charge < -0.3 is 61.6 Å². The van der Waals surface area contributed by atoms with E-state index in [4.69, 9.17) is 61.6 Å². The molecule has 0 aliphatic carbocycles. The van der Waals surface area contributed by atoms with Gasteiger partial charge in [0.1, 0.15) is 25.2 Å². The van der Waals surface area contributed by atoms with Crippen LogP contribution in [0.1, 0.15) is 120 Å². The van der Waals surface area contributed by atoms with Crippen LogP contribution in [0, 0.1) is 0 Å². The van der Waals surface area contributed by atoms with Crippen LogP contribution in [0.2, 0.25) is 0 Å². The lowest BCUT2D eigenvalue weighted by atomic mass is 10.0. The lowest BCUT2D eigenvalue weighted by Gasteiger charge is -2.09. The fourth-order valence-electron chi connectivity index (χ4n) is 6.09. The van der Waals surface area contributed by atoms with Gasteiger partial charge in [-0.25, -0.2) is 0 Å². The van der Waals surface area contributed by atoms with Crippen LogP contribution in [0.5, 0.6) is 5.75 Å². The molecule has 0 N–H and O–H groups in total. The Labute approximate surface area is 386 Å². The Hall–Kier alpha value is -2.28. The molecule has 64 heavy (non-hydrogen) atoms. The highest BCUT2D eigenvalue weighted by Gasteiger charge is 2.03. The average Bonchev–Trinajstić information content (AvgIpc) is 3.31. The largest absolute Gasteiger partial charge is 0.491 e. The van der Waals surface area contributed by atoms with Gasteiger partial charge in [-0.05, 0) is 30.7 Å². The quantitative estimate of drug-likeness (QED) is 0.0354. The number of ether oxygens (including phenoxy) is 13. The maximum atomic E-state index is 11.9. The van der Waals surface area contributed by atoms with Gasteiger partial charge in [-0.15, -0.1) is 0 Å². The van der Waals surface area contributed by atoms with Crippen molar-refractivity contribution in [2.75, 3.05) is 159 Å². The molecule has 15 heteroatoms. The number of hydrogen-bond donors (Lipinski definition) is 0. The Kier molecular flexibility index (Phi) is 48.3. The summed E-state index contributed by atoms with van der Waals surface area (Å²) in [4.78, 5) is 22.6. The smallest absolute Gasteiger partial charge is 0.305 e. The Bertz CT molecular complexity index is 1080. The first-order valence-corrected chi connectivity index (χ1v) is 24.4. The van der Waals surface area contributed by atoms with E-state index in [1.54, 1.807) is 24.3 Å². The summed E-state index contributed by atoms with van der Waals surface area (Å²) in [5.41, 5.74) is 0.616. The first kappa shape index (κ1) is 59.7. The van der Waals surface area contributed by atoms with Gasteiger partial charge in [0, 0.05) is 12.0 Å². The zero-order valence-electron chi connectivity index (χ0n) is 39.8. The SMILES string of the molecule is CCCCCCCCCCCCCCCCCC(=O)OCCOCCOCCOCCOCCOCCOCCOCCOCCOCCOCCOCCOc1ccc(C=O)cc1. The molecule has 0 radical (unpaired) electrons. The predicted octanol–water partition coefficient (Wildman–Crippen LogP) is 7.87. The predicted molar refractivity (Wildman–Crippen MR) is 247 cm³/mol. The molecule has 0 spiro atoms. The van der Waals surface area contributed by atoms with Crippen molar-refractivity contribution in [1.82, 2.24) is 0 Å². The summed E-state index contributed by atoms with van der Waals surface area (Å²) in [6.07, 6.45) is 21.0. The molecular formula is C49H88O15. The van der Waals surface area contributed by atoms with Gasteiger partial charge in [-0.1, -0.05) is 96.8 Å². The van der Waals surface area contributed by atoms with Crippen LogP contribution in [0.4, 0.5) is 0 Å². The Balaban J connectivity index is 1.63. The molecule has 1 aromatic rings. The minimum atomic E-state index is -0.134. The van der Waals surface area contributed by atoms with Crippen molar-refractivity contribution in [1.29, 1.82) is 0 Å². The average molecular weight is 917 g/mol. The van der Waals surface area contributed by atoms with E-state index in [-0.39, 0.29) is 12.6 Å². The molecule has 1 aromatic carbocycles. The second-order valence-electron chi connectivity index (χ2n) is 15.2. The van der Waals surface area contributed by atoms with Crippen molar-refractivity contribution in [3.8, 4) is 5.75 Å². The lowest BCUT2D eigenvalue weighted by Crippen LogP contribution is -2.16. The number of unbranched alkanes of at least 4 members (excludes halogenated alkanes) is 14. The van der Waals surface area contributed by atoms with Crippen molar-refractivity contribution in [2.45, 2.75) is 110 Å². The maximum Gasteiger partial charge on any atom is 0.305 e. The van der Waals surface area contributed by atoms with Crippen LogP contribution < -0.4 is 4.74 Å². The van der Waals surface area contributed by atoms with Crippen molar-refractivity contribution >= 4 is 12.3 Å². The number of hydrogen-bond acceptors (Lipinski definition) is 15. The Morgan fingerprint density at radius 2 is 0.625 bits per heavy atom. The van der Waals surface area contributed by atoms with E-state index >= 15 is 0 Å². The number of aldehydes is 1. The molecule has 0 aliphatic heterocycles. The van der Waals surface area contributed by atoms with Gasteiger partial charge in [0.15, 0.2) is 0 Å². The zero-order chi connectivity index (χ0) is 45.7. The molecule has 0 aliphatic rings. The molecule has 0 fully saturated rings. The molecular weight excluding hydrogens is 829 g/mol. The summed E-state index contributed by atoms with van der Waals surface area (Å²) in [5, 5.41) is 0. The molecule has 374 valence electrons. The summed E-state index contributed by atoms with van der Waals surface area (Å²) in [6, 6.07) is 6.94. The van der Waals surface area contributed by atoms with Gasteiger partial charge in [-0.2, -0.15) is 0 Å². The summed E-state index contributed by atoms with van der Waals surface area (Å²) < 4.78 is 71.3. The molecule has 1 rings (SSSR count). The van der Waals surface area contributed by atoms with Gasteiger partial charge in [-0.3, -0.25) is 9.59 Å². The summed E-state index contributed by atoms with van der Waals surface area (Å²) in [7, 11) is 0. The molecule has 0 saturated carbocycles. The van der Waals surface area contributed by atoms with Gasteiger partial charge >= 0.3 is 5.97 Å². The topological polar surface area (TPSA) is 154 Å². The third kappa shape index (κ3) is 46.3. The van der Waals surface area contributed by atoms with E-state index in [0.717, 1.165) is 19.1 Å². The first-order valence-electron chi connectivity index (χ1n) is 24.4. The van der Waals surface area contributed by atoms with Crippen molar-refractivity contribution in [2.24, 2.45) is 0 Å². The maximum absolute atomic E-state index is 11.9. The third-order valence-electron chi connectivity index (χ3n) is 9.71. The third-order valence-corrected chi connectivity index (χ3v) is 9.71. The minimum absolute atomic E-state index is 0.134. The standard InChI is InChI=1S/C49H88O15/c1-2-3-4-5-6-7-8-9-10-11-12-13-14-15-16-17-49(51)64-45-43-62-41-39-60-37-35-58-33-31-56-29-27-54-25-23-52-22-24-53-26-28-55-30-32-57-34-36-59-38-40-61-42-44-63-48-20-18-47(46-50)19-21-48/h18-21,46H,2-17,22-45H2,1H3. The Morgan fingerprint density at radius 1 is 0.359 bits per heavy atom. The molecule has 0 unspecified atom stereocenters. The molecule has 15 nitrogen and oxygen atoms in total. The van der Waals surface area contributed by atoms with Gasteiger partial charge in [0.05, 0.1) is 145 Å². The highest BCUT2D eigenvalue weighted by atomic mass is 16.6. The van der Waals surface area contributed by atoms with Crippen molar-refractivity contribution in [3.05, 3.63) is 29.8 Å². The number of carbonyl (C=O) groups is 2. The highest BCUT2D eigenvalue weighted by molar-refractivity contribution is 5.74. The number of rotatable bonds is 54. The Morgan fingerprint density at radius 3 is 0.922 bits per heavy atom. The van der Waals surface area contributed by atoms with E-state index < -0.39 is 0 Å². The minimum Gasteiger partial charge on any atom is -0.491 e. The second kappa shape index (κ2) is 51.7. The van der Waals surface area contributed by atoms with E-state index in [9.17, 15) is 9.59 Å². The number of carbonyl (C=O) groups excluding carboxylic acids is 2. The molecule has 0 saturated heterocycles. The van der Waals surface area contributed by atoms with Crippen molar-refractivity contribution < 1.29 is 71.2 Å². The monoisotopic (exact) mass is 917 g/mol. The number of benzene rings is 1. The van der Waals surface area contributed by atoms with E-state index in [1.165, 1.54) is 83.5 Å². The molecule has 0 atom stereocenters. The second-order valence-corrected chi connectivity index (χ2v) is 15.2. The zero-order valence-corrected chi connectivity index (χ0v) is 39.8. The molecule has 0 heterocycles. The van der Waals surface area contributed by atoms with Crippen molar-refractivity contribution in [3.63, 3.8) is 0 Å². The molecule has 0 amide bonds. The molecule has 0 aromatic heterocycles. The summed E-state index contributed by atoms with van der Waals surface area (Å²) >= 11 is 0. The van der Waals surface area contributed by atoms with E-state index in [0.29, 0.717) is 170 Å². The highest BCUT2D eigenvalue weighted by Crippen LogP contribution is 2.14. The van der Waals surface area contributed by atoms with Gasteiger partial charge in [0.25, 0.3) is 0 Å². The fourth-order valence-corrected chi connectivity index (χ4v) is 6.09. The van der Waals surface area contributed by atoms with E-state index in [1.807, 2.05) is 0 Å². The van der Waals surface area contributed by atoms with Crippen LogP contribution in [-0.2, 0) is 61.6 Å². The first-order chi connectivity index (χ1) is 31.8. The van der Waals surface area contributed by atoms with Crippen LogP contribution in [-0.4, -0.2) is 171 Å². The summed E-state index contributed by atoms with van der Waals surface area (Å²) in [6.45, 7) is 13.5.